The molecule has 9 aromatic carbocycles. The van der Waals surface area contributed by atoms with Gasteiger partial charge in [0, 0.05) is 22.1 Å². The molecule has 0 radical (unpaired) electrons. The molecule has 0 aliphatic heterocycles. The normalized spacial score (nSPS) is 15.8. The van der Waals surface area contributed by atoms with Crippen molar-refractivity contribution in [3.63, 3.8) is 0 Å². The summed E-state index contributed by atoms with van der Waals surface area (Å²) >= 11 is 0. The van der Waals surface area contributed by atoms with E-state index in [2.05, 4.69) is 0 Å². The van der Waals surface area contributed by atoms with Crippen LogP contribution in [0, 0.1) is 0 Å². The zero-order valence-corrected chi connectivity index (χ0v) is 26.1. The lowest BCUT2D eigenvalue weighted by atomic mass is 9.97. The first-order valence-electron chi connectivity index (χ1n) is 23.4. The van der Waals surface area contributed by atoms with Crippen LogP contribution in [-0.2, 0) is 0 Å². The zero-order chi connectivity index (χ0) is 46.1. The zero-order valence-electron chi connectivity index (χ0n) is 41.1. The molecular weight excluding hydrogens is 607 g/mol. The van der Waals surface area contributed by atoms with Crippen LogP contribution in [0.4, 0.5) is 17.1 Å². The van der Waals surface area contributed by atoms with Gasteiger partial charge in [-0.1, -0.05) is 139 Å². The van der Waals surface area contributed by atoms with Gasteiger partial charge in [0.2, 0.25) is 0 Å². The summed E-state index contributed by atoms with van der Waals surface area (Å²) in [5.74, 6) is 0. The Labute approximate surface area is 311 Å². The van der Waals surface area contributed by atoms with Crippen LogP contribution in [-0.4, -0.2) is 0 Å². The molecule has 2 nitrogen and oxygen atoms in total. The molecule has 0 spiro atoms. The average molecular weight is 653 g/mol. The van der Waals surface area contributed by atoms with Gasteiger partial charge in [-0.15, -0.1) is 0 Å². The van der Waals surface area contributed by atoms with Gasteiger partial charge >= 0.3 is 0 Å². The quantitative estimate of drug-likeness (QED) is 0.184. The van der Waals surface area contributed by atoms with Gasteiger partial charge in [0.05, 0.1) is 31.6 Å². The molecule has 0 amide bonds. The predicted molar refractivity (Wildman–Crippen MR) is 212 cm³/mol. The van der Waals surface area contributed by atoms with E-state index in [4.69, 9.17) is 12.6 Å². The second kappa shape index (κ2) is 11.5. The third-order valence-electron chi connectivity index (χ3n) is 8.84. The first kappa shape index (κ1) is 17.1. The van der Waals surface area contributed by atoms with Crippen molar-refractivity contribution in [3.05, 3.63) is 188 Å². The molecule has 1 heterocycles. The molecule has 0 bridgehead atoms. The Hall–Kier alpha value is -6.64. The van der Waals surface area contributed by atoms with Gasteiger partial charge < -0.3 is 9.32 Å². The maximum Gasteiger partial charge on any atom is 0.143 e. The van der Waals surface area contributed by atoms with E-state index in [0.29, 0.717) is 32.9 Å². The van der Waals surface area contributed by atoms with Crippen LogP contribution in [0.2, 0.25) is 0 Å². The average Bonchev–Trinajstić information content (AvgIpc) is 3.70. The van der Waals surface area contributed by atoms with E-state index in [1.165, 1.54) is 4.90 Å². The molecule has 0 atom stereocenters. The first-order valence-corrected chi connectivity index (χ1v) is 15.9. The van der Waals surface area contributed by atoms with E-state index in [1.54, 1.807) is 36.4 Å². The Morgan fingerprint density at radius 3 is 2.06 bits per heavy atom. The molecule has 10 rings (SSSR count). The Balaban J connectivity index is 1.35. The summed E-state index contributed by atoms with van der Waals surface area (Å²) in [5, 5.41) is 3.22. The molecule has 2 heteroatoms. The number of benzene rings is 9. The van der Waals surface area contributed by atoms with E-state index in [1.807, 2.05) is 60.7 Å². The van der Waals surface area contributed by atoms with Gasteiger partial charge in [-0.05, 0) is 97.6 Å². The fourth-order valence-corrected chi connectivity index (χ4v) is 6.55. The second-order valence-electron chi connectivity index (χ2n) is 11.7. The molecule has 10 aromatic rings. The Kier molecular flexibility index (Phi) is 3.95. The summed E-state index contributed by atoms with van der Waals surface area (Å²) in [7, 11) is 0. The van der Waals surface area contributed by atoms with Crippen molar-refractivity contribution in [1.29, 1.82) is 0 Å². The lowest BCUT2D eigenvalue weighted by Crippen LogP contribution is -2.10. The summed E-state index contributed by atoms with van der Waals surface area (Å²) in [6.45, 7) is 0. The topological polar surface area (TPSA) is 16.4 Å². The molecular formula is C48H31NO. The molecule has 1 aromatic heterocycles. The van der Waals surface area contributed by atoms with E-state index in [-0.39, 0.29) is 16.9 Å². The fourth-order valence-electron chi connectivity index (χ4n) is 6.55. The summed E-state index contributed by atoms with van der Waals surface area (Å²) < 4.78 is 143. The van der Waals surface area contributed by atoms with E-state index in [0.717, 1.165) is 16.2 Å². The van der Waals surface area contributed by atoms with Crippen LogP contribution in [0.25, 0.3) is 76.5 Å². The molecule has 0 aliphatic carbocycles. The molecule has 50 heavy (non-hydrogen) atoms. The van der Waals surface area contributed by atoms with Gasteiger partial charge in [0.15, 0.2) is 0 Å². The highest BCUT2D eigenvalue weighted by atomic mass is 16.3. The number of furan rings is 1. The molecule has 0 fully saturated rings. The van der Waals surface area contributed by atoms with E-state index in [9.17, 15) is 12.3 Å². The highest BCUT2D eigenvalue weighted by Crippen LogP contribution is 2.45. The number of hydrogen-bond acceptors (Lipinski definition) is 2. The van der Waals surface area contributed by atoms with Gasteiger partial charge in [0.1, 0.15) is 11.2 Å². The Morgan fingerprint density at radius 2 is 1.18 bits per heavy atom. The van der Waals surface area contributed by atoms with Crippen molar-refractivity contribution in [3.8, 4) is 22.3 Å². The van der Waals surface area contributed by atoms with Gasteiger partial charge in [-0.3, -0.25) is 0 Å². The van der Waals surface area contributed by atoms with Crippen molar-refractivity contribution >= 4 is 71.3 Å². The summed E-state index contributed by atoms with van der Waals surface area (Å²) in [5.41, 5.74) is -0.625. The van der Waals surface area contributed by atoms with Crippen LogP contribution < -0.4 is 4.90 Å². The van der Waals surface area contributed by atoms with E-state index >= 15 is 0 Å². The highest BCUT2D eigenvalue weighted by Gasteiger charge is 2.21. The largest absolute Gasteiger partial charge is 0.455 e. The van der Waals surface area contributed by atoms with Crippen molar-refractivity contribution in [2.45, 2.75) is 0 Å². The molecule has 0 N–H and O–H groups in total. The smallest absolute Gasteiger partial charge is 0.143 e. The van der Waals surface area contributed by atoms with Crippen LogP contribution in [0.1, 0.15) is 20.6 Å². The lowest BCUT2D eigenvalue weighted by molar-refractivity contribution is 0.672. The third-order valence-corrected chi connectivity index (χ3v) is 8.84. The molecule has 0 unspecified atom stereocenters. The number of hydrogen-bond donors (Lipinski definition) is 0. The lowest BCUT2D eigenvalue weighted by Gasteiger charge is -2.27. The summed E-state index contributed by atoms with van der Waals surface area (Å²) in [6.07, 6.45) is 0. The third kappa shape index (κ3) is 4.65. The maximum absolute atomic E-state index is 9.92. The number of nitrogens with zero attached hydrogens (tertiary/aromatic N) is 1. The first-order chi connectivity index (χ1) is 31.1. The Bertz CT molecular complexity index is 3720. The van der Waals surface area contributed by atoms with Crippen LogP contribution in [0.15, 0.2) is 192 Å². The van der Waals surface area contributed by atoms with Crippen molar-refractivity contribution in [2.24, 2.45) is 0 Å². The van der Waals surface area contributed by atoms with Crippen LogP contribution in [0.3, 0.4) is 0 Å². The predicted octanol–water partition coefficient (Wildman–Crippen LogP) is 13.8. The van der Waals surface area contributed by atoms with Crippen LogP contribution in [0.5, 0.6) is 0 Å². The highest BCUT2D eigenvalue weighted by molar-refractivity contribution is 6.19. The summed E-state index contributed by atoms with van der Waals surface area (Å²) in [4.78, 5) is 1.21. The van der Waals surface area contributed by atoms with E-state index < -0.39 is 118 Å². The number of rotatable bonds is 5. The van der Waals surface area contributed by atoms with Crippen molar-refractivity contribution in [2.75, 3.05) is 4.90 Å². The monoisotopic (exact) mass is 652 g/mol. The summed E-state index contributed by atoms with van der Waals surface area (Å²) in [6, 6.07) is 18.8. The molecule has 0 aliphatic rings. The minimum atomic E-state index is -0.793. The van der Waals surface area contributed by atoms with Gasteiger partial charge in [0.25, 0.3) is 0 Å². The number of anilines is 3. The second-order valence-corrected chi connectivity index (χ2v) is 11.7. The molecule has 0 saturated heterocycles. The van der Waals surface area contributed by atoms with Crippen molar-refractivity contribution < 1.29 is 25.0 Å². The SMILES string of the molecule is [2H]c1c([2H])c(-c2cccc3ccccc23)c([2H])c(N(c2c([2H])c([2H])c(-c3c([2H])c([2H])c4c([2H])c([2H])c([2H])c([2H])c4c3[2H])c([2H])c2[2H])c2cccc3oc4c5ccccc5ccc4c23)c1[2H]. The minimum Gasteiger partial charge on any atom is -0.455 e. The molecule has 234 valence electrons. The number of fused-ring (bicyclic) bond motifs is 7. The fraction of sp³-hybridized carbons (Fsp3) is 0. The van der Waals surface area contributed by atoms with Crippen molar-refractivity contribution in [1.82, 2.24) is 0 Å². The Morgan fingerprint density at radius 1 is 0.440 bits per heavy atom. The minimum absolute atomic E-state index is 0.0220. The standard InChI is InChI=1S/C48H31NO/c1-2-13-36-30-37(23-22-32(36)10-1)33-24-27-39(28-25-33)49(40-16-7-15-38(31-40)42-19-8-14-34-11-3-5-17-41(34)42)45-20-9-21-46-47(45)44-29-26-35-12-4-6-18-43(35)48(44)50-46/h1-31H/i1D,2D,7D,10D,13D,15D,16D,22D,23D,24D,25D,27D,28D,30D,31D. The van der Waals surface area contributed by atoms with Gasteiger partial charge in [-0.2, -0.15) is 0 Å². The van der Waals surface area contributed by atoms with Gasteiger partial charge in [-0.25, -0.2) is 0 Å². The maximum atomic E-state index is 9.92. The molecule has 0 saturated carbocycles. The van der Waals surface area contributed by atoms with Crippen LogP contribution >= 0.6 is 0 Å².